The lowest BCUT2D eigenvalue weighted by molar-refractivity contribution is -0.130. The Morgan fingerprint density at radius 1 is 1.00 bits per heavy atom. The number of halogens is 1. The third kappa shape index (κ3) is 4.14. The molecule has 0 bridgehead atoms. The Bertz CT molecular complexity index is 1040. The fraction of sp³-hybridized carbons (Fsp3) is 0.167. The number of ether oxygens (including phenoxy) is 1. The zero-order chi connectivity index (χ0) is 19.4. The first kappa shape index (κ1) is 18.2. The molecular formula is C18H17FN4O4. The lowest BCUT2D eigenvalue weighted by Gasteiger charge is -2.09. The summed E-state index contributed by atoms with van der Waals surface area (Å²) in [6.07, 6.45) is 0. The standard InChI is InChI=1S/C18H17FN4O4/c1-22-14-4-2-3-5-15(14)23(18(22)26)10-16(24)20-21-17(25)11-27-13-8-6-12(19)7-9-13/h2-9H,10-11H2,1H3,(H,20,24)(H,21,25). The van der Waals surface area contributed by atoms with Crippen LogP contribution in [0.3, 0.4) is 0 Å². The molecule has 8 nitrogen and oxygen atoms in total. The minimum absolute atomic E-state index is 0.251. The third-order valence-corrected chi connectivity index (χ3v) is 3.88. The summed E-state index contributed by atoms with van der Waals surface area (Å²) >= 11 is 0. The van der Waals surface area contributed by atoms with E-state index in [4.69, 9.17) is 4.74 Å². The summed E-state index contributed by atoms with van der Waals surface area (Å²) in [5.41, 5.74) is 5.41. The summed E-state index contributed by atoms with van der Waals surface area (Å²) in [6.45, 7) is -0.612. The number of rotatable bonds is 5. The van der Waals surface area contributed by atoms with Crippen molar-refractivity contribution in [1.29, 1.82) is 0 Å². The van der Waals surface area contributed by atoms with Crippen LogP contribution >= 0.6 is 0 Å². The lowest BCUT2D eigenvalue weighted by atomic mass is 10.3. The van der Waals surface area contributed by atoms with Crippen molar-refractivity contribution in [2.24, 2.45) is 7.05 Å². The summed E-state index contributed by atoms with van der Waals surface area (Å²) in [5, 5.41) is 0. The maximum absolute atomic E-state index is 12.8. The van der Waals surface area contributed by atoms with E-state index in [0.29, 0.717) is 16.8 Å². The van der Waals surface area contributed by atoms with Gasteiger partial charge in [0.1, 0.15) is 18.1 Å². The van der Waals surface area contributed by atoms with Gasteiger partial charge in [-0.15, -0.1) is 0 Å². The zero-order valence-corrected chi connectivity index (χ0v) is 14.4. The first-order valence-corrected chi connectivity index (χ1v) is 8.06. The predicted octanol–water partition coefficient (Wildman–Crippen LogP) is 0.706. The number of carbonyl (C=O) groups is 2. The Balaban J connectivity index is 1.54. The highest BCUT2D eigenvalue weighted by Gasteiger charge is 2.13. The van der Waals surface area contributed by atoms with E-state index in [0.717, 1.165) is 0 Å². The van der Waals surface area contributed by atoms with Gasteiger partial charge >= 0.3 is 5.69 Å². The van der Waals surface area contributed by atoms with Crippen molar-refractivity contribution in [3.05, 3.63) is 64.8 Å². The largest absolute Gasteiger partial charge is 0.484 e. The van der Waals surface area contributed by atoms with Crippen molar-refractivity contribution in [3.63, 3.8) is 0 Å². The number of aromatic nitrogens is 2. The lowest BCUT2D eigenvalue weighted by Crippen LogP contribution is -2.45. The fourth-order valence-corrected chi connectivity index (χ4v) is 2.55. The van der Waals surface area contributed by atoms with Crippen molar-refractivity contribution in [2.75, 3.05) is 6.61 Å². The Morgan fingerprint density at radius 3 is 2.33 bits per heavy atom. The van der Waals surface area contributed by atoms with Gasteiger partial charge in [-0.2, -0.15) is 0 Å². The van der Waals surface area contributed by atoms with Gasteiger partial charge < -0.3 is 4.74 Å². The van der Waals surface area contributed by atoms with E-state index >= 15 is 0 Å². The normalized spacial score (nSPS) is 10.6. The van der Waals surface area contributed by atoms with Gasteiger partial charge in [0.15, 0.2) is 6.61 Å². The molecule has 2 N–H and O–H groups in total. The van der Waals surface area contributed by atoms with E-state index in [-0.39, 0.29) is 18.8 Å². The molecule has 27 heavy (non-hydrogen) atoms. The maximum Gasteiger partial charge on any atom is 0.329 e. The van der Waals surface area contributed by atoms with Gasteiger partial charge in [-0.25, -0.2) is 9.18 Å². The fourth-order valence-electron chi connectivity index (χ4n) is 2.55. The van der Waals surface area contributed by atoms with Gasteiger partial charge in [0, 0.05) is 7.05 Å². The highest BCUT2D eigenvalue weighted by Crippen LogP contribution is 2.11. The highest BCUT2D eigenvalue weighted by atomic mass is 19.1. The molecule has 0 aliphatic heterocycles. The van der Waals surface area contributed by atoms with E-state index in [1.165, 1.54) is 33.4 Å². The van der Waals surface area contributed by atoms with Crippen LogP contribution in [-0.2, 0) is 23.2 Å². The van der Waals surface area contributed by atoms with E-state index in [9.17, 15) is 18.8 Å². The van der Waals surface area contributed by atoms with E-state index < -0.39 is 17.6 Å². The second-order valence-electron chi connectivity index (χ2n) is 5.76. The number of hydrogen-bond acceptors (Lipinski definition) is 4. The number of amides is 2. The minimum Gasteiger partial charge on any atom is -0.484 e. The summed E-state index contributed by atoms with van der Waals surface area (Å²) in [7, 11) is 1.62. The highest BCUT2D eigenvalue weighted by molar-refractivity contribution is 5.84. The van der Waals surface area contributed by atoms with E-state index in [2.05, 4.69) is 10.9 Å². The van der Waals surface area contributed by atoms with Crippen molar-refractivity contribution in [2.45, 2.75) is 6.54 Å². The SMILES string of the molecule is Cn1c(=O)n(CC(=O)NNC(=O)COc2ccc(F)cc2)c2ccccc21. The molecule has 2 aromatic carbocycles. The zero-order valence-electron chi connectivity index (χ0n) is 14.4. The molecule has 1 aromatic heterocycles. The quantitative estimate of drug-likeness (QED) is 0.645. The van der Waals surface area contributed by atoms with Crippen LogP contribution in [0.25, 0.3) is 11.0 Å². The molecule has 9 heteroatoms. The molecule has 0 saturated heterocycles. The van der Waals surface area contributed by atoms with Gasteiger partial charge in [-0.05, 0) is 36.4 Å². The van der Waals surface area contributed by atoms with E-state index in [1.54, 1.807) is 31.3 Å². The van der Waals surface area contributed by atoms with Crippen LogP contribution in [0.2, 0.25) is 0 Å². The molecule has 0 fully saturated rings. The first-order chi connectivity index (χ1) is 13.0. The number of nitrogens with one attached hydrogen (secondary N) is 2. The Hall–Kier alpha value is -3.62. The monoisotopic (exact) mass is 372 g/mol. The molecule has 3 aromatic rings. The summed E-state index contributed by atoms with van der Waals surface area (Å²) < 4.78 is 20.7. The van der Waals surface area contributed by atoms with Gasteiger partial charge in [-0.3, -0.25) is 29.6 Å². The summed E-state index contributed by atoms with van der Waals surface area (Å²) in [4.78, 5) is 36.0. The molecule has 0 aliphatic carbocycles. The van der Waals surface area contributed by atoms with Gasteiger partial charge in [-0.1, -0.05) is 12.1 Å². The van der Waals surface area contributed by atoms with E-state index in [1.807, 2.05) is 0 Å². The van der Waals surface area contributed by atoms with Crippen LogP contribution in [0.4, 0.5) is 4.39 Å². The van der Waals surface area contributed by atoms with Crippen LogP contribution in [0.15, 0.2) is 53.3 Å². The molecule has 1 heterocycles. The number of hydrogen-bond donors (Lipinski definition) is 2. The summed E-state index contributed by atoms with van der Waals surface area (Å²) in [5.74, 6) is -1.26. The van der Waals surface area contributed by atoms with Crippen molar-refractivity contribution >= 4 is 22.8 Å². The molecule has 0 spiro atoms. The first-order valence-electron chi connectivity index (χ1n) is 8.06. The van der Waals surface area contributed by atoms with Gasteiger partial charge in [0.2, 0.25) is 0 Å². The van der Waals surface area contributed by atoms with Crippen molar-refractivity contribution < 1.29 is 18.7 Å². The van der Waals surface area contributed by atoms with Crippen LogP contribution in [0.1, 0.15) is 0 Å². The second kappa shape index (κ2) is 7.73. The molecule has 0 radical (unpaired) electrons. The Labute approximate surface area is 153 Å². The molecular weight excluding hydrogens is 355 g/mol. The molecule has 0 saturated carbocycles. The number of nitrogens with zero attached hydrogens (tertiary/aromatic N) is 2. The maximum atomic E-state index is 12.8. The topological polar surface area (TPSA) is 94.4 Å². The van der Waals surface area contributed by atoms with Gasteiger partial charge in [0.05, 0.1) is 11.0 Å². The number of fused-ring (bicyclic) bond motifs is 1. The molecule has 0 aliphatic rings. The number of aryl methyl sites for hydroxylation is 1. The number of para-hydroxylation sites is 2. The van der Waals surface area contributed by atoms with Crippen LogP contribution < -0.4 is 21.3 Å². The Morgan fingerprint density at radius 2 is 1.63 bits per heavy atom. The molecule has 3 rings (SSSR count). The number of hydrazine groups is 1. The smallest absolute Gasteiger partial charge is 0.329 e. The van der Waals surface area contributed by atoms with Crippen LogP contribution in [0.5, 0.6) is 5.75 Å². The molecule has 2 amide bonds. The third-order valence-electron chi connectivity index (χ3n) is 3.88. The summed E-state index contributed by atoms with van der Waals surface area (Å²) in [6, 6.07) is 12.3. The minimum atomic E-state index is -0.599. The van der Waals surface area contributed by atoms with Gasteiger partial charge in [0.25, 0.3) is 11.8 Å². The van der Waals surface area contributed by atoms with Crippen LogP contribution in [0, 0.1) is 5.82 Å². The van der Waals surface area contributed by atoms with Crippen molar-refractivity contribution in [3.8, 4) is 5.75 Å². The molecule has 0 unspecified atom stereocenters. The Kier molecular flexibility index (Phi) is 5.20. The second-order valence-corrected chi connectivity index (χ2v) is 5.76. The molecule has 0 atom stereocenters. The van der Waals surface area contributed by atoms with Crippen molar-refractivity contribution in [1.82, 2.24) is 20.0 Å². The number of benzene rings is 2. The average Bonchev–Trinajstić information content (AvgIpc) is 2.91. The van der Waals surface area contributed by atoms with Crippen LogP contribution in [-0.4, -0.2) is 27.6 Å². The average molecular weight is 372 g/mol. The number of imidazole rings is 1. The molecule has 140 valence electrons. The number of carbonyl (C=O) groups excluding carboxylic acids is 2. The predicted molar refractivity (Wildman–Crippen MR) is 95.4 cm³/mol.